The first kappa shape index (κ1) is 19.6. The van der Waals surface area contributed by atoms with E-state index in [9.17, 15) is 9.59 Å². The first-order valence-electron chi connectivity index (χ1n) is 8.71. The number of carbonyl (C=O) groups is 2. The highest BCUT2D eigenvalue weighted by Gasteiger charge is 2.16. The number of nitrogens with zero attached hydrogens (tertiary/aromatic N) is 1. The molecule has 2 N–H and O–H groups in total. The highest BCUT2D eigenvalue weighted by Crippen LogP contribution is 2.23. The molecule has 0 aliphatic heterocycles. The molecule has 7 heteroatoms. The molecule has 0 radical (unpaired) electrons. The number of rotatable bonds is 4. The molecule has 0 aliphatic carbocycles. The van der Waals surface area contributed by atoms with Crippen LogP contribution in [0.25, 0.3) is 10.6 Å². The Kier molecular flexibility index (Phi) is 5.75. The zero-order chi connectivity index (χ0) is 20.1. The van der Waals surface area contributed by atoms with Crippen LogP contribution in [0.1, 0.15) is 31.1 Å². The fraction of sp³-hybridized carbons (Fsp3) is 0.190. The molecular weight excluding hydrogens is 374 g/mol. The van der Waals surface area contributed by atoms with E-state index in [4.69, 9.17) is 4.74 Å². The number of hydrogen-bond donors (Lipinski definition) is 2. The second-order valence-electron chi connectivity index (χ2n) is 7.08. The van der Waals surface area contributed by atoms with Crippen LogP contribution in [0.5, 0.6) is 0 Å². The van der Waals surface area contributed by atoms with Crippen LogP contribution in [0.3, 0.4) is 0 Å². The van der Waals surface area contributed by atoms with Crippen molar-refractivity contribution in [2.75, 3.05) is 10.6 Å². The summed E-state index contributed by atoms with van der Waals surface area (Å²) in [5.74, 6) is -0.269. The minimum atomic E-state index is -0.593. The maximum Gasteiger partial charge on any atom is 0.412 e. The van der Waals surface area contributed by atoms with Gasteiger partial charge < -0.3 is 10.1 Å². The van der Waals surface area contributed by atoms with E-state index in [0.717, 1.165) is 10.6 Å². The number of nitrogens with one attached hydrogen (secondary N) is 2. The van der Waals surface area contributed by atoms with Gasteiger partial charge in [-0.3, -0.25) is 10.1 Å². The minimum absolute atomic E-state index is 0.269. The SMILES string of the molecule is CC(C)(C)OC(=O)Nc1cccc(C(=O)Nc2ccc(-c3nccs3)cc2)c1. The Balaban J connectivity index is 1.65. The van der Waals surface area contributed by atoms with Crippen molar-refractivity contribution < 1.29 is 14.3 Å². The predicted molar refractivity (Wildman–Crippen MR) is 112 cm³/mol. The number of thiazole rings is 1. The number of aromatic nitrogens is 1. The Hall–Kier alpha value is -3.19. The largest absolute Gasteiger partial charge is 0.444 e. The molecule has 0 saturated carbocycles. The number of anilines is 2. The summed E-state index contributed by atoms with van der Waals surface area (Å²) in [7, 11) is 0. The average Bonchev–Trinajstić information content (AvgIpc) is 3.15. The van der Waals surface area contributed by atoms with Crippen molar-refractivity contribution >= 4 is 34.7 Å². The number of hydrogen-bond acceptors (Lipinski definition) is 5. The Morgan fingerprint density at radius 2 is 1.75 bits per heavy atom. The Morgan fingerprint density at radius 3 is 2.39 bits per heavy atom. The van der Waals surface area contributed by atoms with E-state index < -0.39 is 11.7 Å². The van der Waals surface area contributed by atoms with Gasteiger partial charge in [0.15, 0.2) is 0 Å². The lowest BCUT2D eigenvalue weighted by atomic mass is 10.1. The molecule has 0 atom stereocenters. The molecule has 0 bridgehead atoms. The van der Waals surface area contributed by atoms with E-state index >= 15 is 0 Å². The number of carbonyl (C=O) groups excluding carboxylic acids is 2. The van der Waals surface area contributed by atoms with Gasteiger partial charge >= 0.3 is 6.09 Å². The molecule has 0 aliphatic rings. The third kappa shape index (κ3) is 5.40. The quantitative estimate of drug-likeness (QED) is 0.619. The van der Waals surface area contributed by atoms with Gasteiger partial charge in [0.05, 0.1) is 0 Å². The van der Waals surface area contributed by atoms with Crippen LogP contribution < -0.4 is 10.6 Å². The van der Waals surface area contributed by atoms with E-state index in [1.165, 1.54) is 0 Å². The van der Waals surface area contributed by atoms with Gasteiger partial charge in [-0.15, -0.1) is 11.3 Å². The second kappa shape index (κ2) is 8.22. The monoisotopic (exact) mass is 395 g/mol. The third-order valence-corrected chi connectivity index (χ3v) is 4.41. The number of ether oxygens (including phenoxy) is 1. The molecule has 2 aromatic carbocycles. The van der Waals surface area contributed by atoms with Gasteiger partial charge in [0.2, 0.25) is 0 Å². The van der Waals surface area contributed by atoms with Crippen molar-refractivity contribution in [3.63, 3.8) is 0 Å². The normalized spacial score (nSPS) is 11.0. The van der Waals surface area contributed by atoms with E-state index in [2.05, 4.69) is 15.6 Å². The lowest BCUT2D eigenvalue weighted by Crippen LogP contribution is -2.27. The molecule has 3 rings (SSSR count). The predicted octanol–water partition coefficient (Wildman–Crippen LogP) is 5.41. The summed E-state index contributed by atoms with van der Waals surface area (Å²) in [6, 6.07) is 14.2. The van der Waals surface area contributed by atoms with Crippen molar-refractivity contribution in [1.29, 1.82) is 0 Å². The molecule has 28 heavy (non-hydrogen) atoms. The molecule has 0 fully saturated rings. The van der Waals surface area contributed by atoms with E-state index in [-0.39, 0.29) is 5.91 Å². The number of amides is 2. The van der Waals surface area contributed by atoms with Crippen molar-refractivity contribution in [2.45, 2.75) is 26.4 Å². The van der Waals surface area contributed by atoms with Gasteiger partial charge in [-0.1, -0.05) is 6.07 Å². The summed E-state index contributed by atoms with van der Waals surface area (Å²) in [4.78, 5) is 28.7. The maximum atomic E-state index is 12.5. The first-order valence-corrected chi connectivity index (χ1v) is 9.59. The van der Waals surface area contributed by atoms with E-state index in [1.807, 2.05) is 29.6 Å². The molecule has 1 aromatic heterocycles. The summed E-state index contributed by atoms with van der Waals surface area (Å²) in [5.41, 5.74) is 2.00. The lowest BCUT2D eigenvalue weighted by molar-refractivity contribution is 0.0635. The molecule has 6 nitrogen and oxygen atoms in total. The Bertz CT molecular complexity index is 961. The van der Waals surface area contributed by atoms with Crippen LogP contribution in [-0.4, -0.2) is 22.6 Å². The van der Waals surface area contributed by atoms with Gasteiger partial charge in [0.1, 0.15) is 10.6 Å². The van der Waals surface area contributed by atoms with Crippen molar-refractivity contribution in [1.82, 2.24) is 4.98 Å². The van der Waals surface area contributed by atoms with Crippen molar-refractivity contribution in [3.8, 4) is 10.6 Å². The van der Waals surface area contributed by atoms with E-state index in [1.54, 1.807) is 62.6 Å². The van der Waals surface area contributed by atoms with Crippen molar-refractivity contribution in [3.05, 3.63) is 65.7 Å². The summed E-state index contributed by atoms with van der Waals surface area (Å²) < 4.78 is 5.22. The van der Waals surface area contributed by atoms with Gasteiger partial charge in [0.25, 0.3) is 5.91 Å². The van der Waals surface area contributed by atoms with Gasteiger partial charge in [-0.2, -0.15) is 0 Å². The van der Waals surface area contributed by atoms with Crippen LogP contribution >= 0.6 is 11.3 Å². The molecule has 0 unspecified atom stereocenters. The molecule has 2 amide bonds. The summed E-state index contributed by atoms with van der Waals surface area (Å²) in [5, 5.41) is 8.33. The van der Waals surface area contributed by atoms with E-state index in [0.29, 0.717) is 16.9 Å². The molecule has 1 heterocycles. The molecular formula is C21H21N3O3S. The topological polar surface area (TPSA) is 80.3 Å². The molecule has 3 aromatic rings. The minimum Gasteiger partial charge on any atom is -0.444 e. The van der Waals surface area contributed by atoms with Crippen LogP contribution in [0, 0.1) is 0 Å². The zero-order valence-corrected chi connectivity index (χ0v) is 16.7. The van der Waals surface area contributed by atoms with Crippen LogP contribution in [-0.2, 0) is 4.74 Å². The Labute approximate surface area is 167 Å². The Morgan fingerprint density at radius 1 is 1.00 bits per heavy atom. The fourth-order valence-corrected chi connectivity index (χ4v) is 3.07. The highest BCUT2D eigenvalue weighted by atomic mass is 32.1. The third-order valence-electron chi connectivity index (χ3n) is 3.59. The second-order valence-corrected chi connectivity index (χ2v) is 7.97. The molecule has 144 valence electrons. The van der Waals surface area contributed by atoms with Crippen LogP contribution in [0.2, 0.25) is 0 Å². The smallest absolute Gasteiger partial charge is 0.412 e. The van der Waals surface area contributed by atoms with Gasteiger partial charge in [-0.05, 0) is 63.2 Å². The van der Waals surface area contributed by atoms with Gasteiger partial charge in [-0.25, -0.2) is 9.78 Å². The fourth-order valence-electron chi connectivity index (χ4n) is 2.43. The average molecular weight is 395 g/mol. The van der Waals surface area contributed by atoms with Crippen LogP contribution in [0.15, 0.2) is 60.1 Å². The molecule has 0 spiro atoms. The number of benzene rings is 2. The maximum absolute atomic E-state index is 12.5. The summed E-state index contributed by atoms with van der Waals surface area (Å²) in [6.45, 7) is 5.36. The zero-order valence-electron chi connectivity index (χ0n) is 15.9. The van der Waals surface area contributed by atoms with Gasteiger partial charge in [0, 0.05) is 34.1 Å². The lowest BCUT2D eigenvalue weighted by Gasteiger charge is -2.19. The summed E-state index contributed by atoms with van der Waals surface area (Å²) >= 11 is 1.56. The van der Waals surface area contributed by atoms with Crippen LogP contribution in [0.4, 0.5) is 16.2 Å². The molecule has 0 saturated heterocycles. The first-order chi connectivity index (χ1) is 13.3. The summed E-state index contributed by atoms with van der Waals surface area (Å²) in [6.07, 6.45) is 1.19. The highest BCUT2D eigenvalue weighted by molar-refractivity contribution is 7.13. The standard InChI is InChI=1S/C21H21N3O3S/c1-21(2,3)27-20(26)24-17-6-4-5-15(13-17)18(25)23-16-9-7-14(8-10-16)19-22-11-12-28-19/h4-13H,1-3H3,(H,23,25)(H,24,26). The van der Waals surface area contributed by atoms with Crippen molar-refractivity contribution in [2.24, 2.45) is 0 Å².